The molecule has 2 rings (SSSR count). The number of rotatable bonds is 4. The molecule has 3 amide bonds. The summed E-state index contributed by atoms with van der Waals surface area (Å²) in [5.41, 5.74) is 4.16. The maximum absolute atomic E-state index is 12.9. The van der Waals surface area contributed by atoms with Crippen LogP contribution in [-0.4, -0.2) is 47.6 Å². The predicted octanol–water partition coefficient (Wildman–Crippen LogP) is 2.39. The van der Waals surface area contributed by atoms with Crippen molar-refractivity contribution in [3.63, 3.8) is 0 Å². The van der Waals surface area contributed by atoms with E-state index >= 15 is 0 Å². The number of hydrazine groups is 1. The van der Waals surface area contributed by atoms with E-state index in [1.54, 1.807) is 25.7 Å². The Kier molecular flexibility index (Phi) is 7.41. The van der Waals surface area contributed by atoms with Crippen LogP contribution in [0, 0.1) is 11.7 Å². The van der Waals surface area contributed by atoms with Crippen molar-refractivity contribution < 1.29 is 28.2 Å². The summed E-state index contributed by atoms with van der Waals surface area (Å²) >= 11 is 0. The molecule has 8 nitrogen and oxygen atoms in total. The summed E-state index contributed by atoms with van der Waals surface area (Å²) in [5, 5.41) is 0. The first-order valence-corrected chi connectivity index (χ1v) is 9.55. The number of hydrogen-bond acceptors (Lipinski definition) is 5. The zero-order valence-electron chi connectivity index (χ0n) is 17.2. The highest BCUT2D eigenvalue weighted by Gasteiger charge is 2.30. The number of benzene rings is 1. The maximum Gasteiger partial charge on any atom is 0.410 e. The van der Waals surface area contributed by atoms with Gasteiger partial charge in [-0.15, -0.1) is 0 Å². The van der Waals surface area contributed by atoms with Gasteiger partial charge >= 0.3 is 6.09 Å². The number of halogens is 1. The molecule has 0 saturated carbocycles. The Morgan fingerprint density at radius 2 is 1.69 bits per heavy atom. The molecule has 1 aliphatic rings. The van der Waals surface area contributed by atoms with Crippen LogP contribution in [0.5, 0.6) is 5.75 Å². The lowest BCUT2D eigenvalue weighted by atomic mass is 9.96. The molecule has 29 heavy (non-hydrogen) atoms. The first-order chi connectivity index (χ1) is 13.5. The number of carbonyl (C=O) groups is 3. The molecule has 2 N–H and O–H groups in total. The van der Waals surface area contributed by atoms with E-state index in [9.17, 15) is 18.8 Å². The number of carbonyl (C=O) groups excluding carboxylic acids is 3. The average Bonchev–Trinajstić information content (AvgIpc) is 2.66. The minimum absolute atomic E-state index is 0.317. The fourth-order valence-corrected chi connectivity index (χ4v) is 2.75. The van der Waals surface area contributed by atoms with Gasteiger partial charge in [0, 0.05) is 19.0 Å². The predicted molar refractivity (Wildman–Crippen MR) is 103 cm³/mol. The molecule has 0 spiro atoms. The van der Waals surface area contributed by atoms with Gasteiger partial charge in [-0.1, -0.05) is 0 Å². The Morgan fingerprint density at radius 1 is 1.10 bits per heavy atom. The van der Waals surface area contributed by atoms with E-state index in [1.165, 1.54) is 31.2 Å². The topological polar surface area (TPSA) is 97.0 Å². The molecule has 0 bridgehead atoms. The van der Waals surface area contributed by atoms with Gasteiger partial charge < -0.3 is 14.4 Å². The van der Waals surface area contributed by atoms with Crippen molar-refractivity contribution in [2.24, 2.45) is 5.92 Å². The van der Waals surface area contributed by atoms with Gasteiger partial charge in [-0.05, 0) is 64.8 Å². The molecular weight excluding hydrogens is 381 g/mol. The smallest absolute Gasteiger partial charge is 0.410 e. The monoisotopic (exact) mass is 409 g/mol. The second kappa shape index (κ2) is 9.58. The highest BCUT2D eigenvalue weighted by Crippen LogP contribution is 2.19. The van der Waals surface area contributed by atoms with Crippen molar-refractivity contribution in [2.75, 3.05) is 13.1 Å². The second-order valence-electron chi connectivity index (χ2n) is 7.93. The van der Waals surface area contributed by atoms with Gasteiger partial charge in [0.25, 0.3) is 5.91 Å². The second-order valence-corrected chi connectivity index (χ2v) is 7.93. The van der Waals surface area contributed by atoms with Gasteiger partial charge in [-0.2, -0.15) is 0 Å². The summed E-state index contributed by atoms with van der Waals surface area (Å²) in [6.07, 6.45) is -0.322. The molecule has 1 heterocycles. The van der Waals surface area contributed by atoms with Gasteiger partial charge in [0.1, 0.15) is 17.2 Å². The minimum Gasteiger partial charge on any atom is -0.481 e. The molecule has 1 aromatic rings. The van der Waals surface area contributed by atoms with Crippen molar-refractivity contribution in [3.05, 3.63) is 30.1 Å². The van der Waals surface area contributed by atoms with E-state index in [0.29, 0.717) is 31.7 Å². The molecule has 1 saturated heterocycles. The largest absolute Gasteiger partial charge is 0.481 e. The average molecular weight is 409 g/mol. The lowest BCUT2D eigenvalue weighted by Crippen LogP contribution is -2.51. The first-order valence-electron chi connectivity index (χ1n) is 9.55. The Balaban J connectivity index is 1.73. The number of hydrogen-bond donors (Lipinski definition) is 2. The molecule has 0 aromatic heterocycles. The van der Waals surface area contributed by atoms with Crippen LogP contribution in [0.3, 0.4) is 0 Å². The van der Waals surface area contributed by atoms with Crippen molar-refractivity contribution in [1.29, 1.82) is 0 Å². The summed E-state index contributed by atoms with van der Waals surface area (Å²) in [4.78, 5) is 38.0. The van der Waals surface area contributed by atoms with Crippen molar-refractivity contribution in [3.8, 4) is 5.75 Å². The standard InChI is InChI=1S/C20H28FN3O5/c1-13(28-16-7-5-15(21)6-8-16)17(25)22-23-18(26)14-9-11-24(12-10-14)19(27)29-20(2,3)4/h5-8,13-14H,9-12H2,1-4H3,(H,22,25)(H,23,26)/t13-/m0/s1. The van der Waals surface area contributed by atoms with E-state index in [4.69, 9.17) is 9.47 Å². The molecule has 1 fully saturated rings. The first kappa shape index (κ1) is 22.4. The van der Waals surface area contributed by atoms with Crippen LogP contribution < -0.4 is 15.6 Å². The fourth-order valence-electron chi connectivity index (χ4n) is 2.75. The summed E-state index contributed by atoms with van der Waals surface area (Å²) in [6, 6.07) is 5.28. The van der Waals surface area contributed by atoms with Gasteiger partial charge in [-0.25, -0.2) is 9.18 Å². The third kappa shape index (κ3) is 7.24. The number of likely N-dealkylation sites (tertiary alicyclic amines) is 1. The quantitative estimate of drug-likeness (QED) is 0.745. The normalized spacial score (nSPS) is 16.0. The van der Waals surface area contributed by atoms with E-state index in [1.807, 2.05) is 0 Å². The van der Waals surface area contributed by atoms with Gasteiger partial charge in [0.2, 0.25) is 5.91 Å². The third-order valence-electron chi connectivity index (χ3n) is 4.32. The zero-order valence-corrected chi connectivity index (χ0v) is 17.2. The molecule has 9 heteroatoms. The SMILES string of the molecule is C[C@H](Oc1ccc(F)cc1)C(=O)NNC(=O)C1CCN(C(=O)OC(C)(C)C)CC1. The summed E-state index contributed by atoms with van der Waals surface area (Å²) in [6.45, 7) is 7.73. The van der Waals surface area contributed by atoms with Crippen molar-refractivity contribution in [1.82, 2.24) is 15.8 Å². The molecule has 1 aromatic carbocycles. The highest BCUT2D eigenvalue weighted by molar-refractivity contribution is 5.85. The number of nitrogens with zero attached hydrogens (tertiary/aromatic N) is 1. The van der Waals surface area contributed by atoms with Crippen LogP contribution in [0.4, 0.5) is 9.18 Å². The van der Waals surface area contributed by atoms with Crippen LogP contribution in [0.25, 0.3) is 0 Å². The van der Waals surface area contributed by atoms with Crippen molar-refractivity contribution >= 4 is 17.9 Å². The number of amides is 3. The summed E-state index contributed by atoms with van der Waals surface area (Å²) in [5.74, 6) is -1.23. The fraction of sp³-hybridized carbons (Fsp3) is 0.550. The van der Waals surface area contributed by atoms with Gasteiger partial charge in [0.15, 0.2) is 6.10 Å². The van der Waals surface area contributed by atoms with Crippen LogP contribution in [0.1, 0.15) is 40.5 Å². The van der Waals surface area contributed by atoms with Crippen LogP contribution in [-0.2, 0) is 14.3 Å². The lowest BCUT2D eigenvalue weighted by Gasteiger charge is -2.32. The number of nitrogens with one attached hydrogen (secondary N) is 2. The minimum atomic E-state index is -0.880. The zero-order chi connectivity index (χ0) is 21.6. The van der Waals surface area contributed by atoms with Crippen LogP contribution in [0.15, 0.2) is 24.3 Å². The number of ether oxygens (including phenoxy) is 2. The third-order valence-corrected chi connectivity index (χ3v) is 4.32. The Hall–Kier alpha value is -2.84. The molecular formula is C20H28FN3O5. The molecule has 160 valence electrons. The van der Waals surface area contributed by atoms with E-state index in [0.717, 1.165) is 0 Å². The maximum atomic E-state index is 12.9. The van der Waals surface area contributed by atoms with Crippen molar-refractivity contribution in [2.45, 2.75) is 52.2 Å². The summed E-state index contributed by atoms with van der Waals surface area (Å²) < 4.78 is 23.6. The molecule has 1 atom stereocenters. The Bertz CT molecular complexity index is 725. The molecule has 0 unspecified atom stereocenters. The Labute approximate surface area is 169 Å². The van der Waals surface area contributed by atoms with Crippen LogP contribution >= 0.6 is 0 Å². The molecule has 0 radical (unpaired) electrons. The van der Waals surface area contributed by atoms with E-state index < -0.39 is 29.5 Å². The van der Waals surface area contributed by atoms with Crippen LogP contribution in [0.2, 0.25) is 0 Å². The van der Waals surface area contributed by atoms with Gasteiger partial charge in [-0.3, -0.25) is 20.4 Å². The molecule has 0 aliphatic carbocycles. The lowest BCUT2D eigenvalue weighted by molar-refractivity contribution is -0.135. The number of piperidine rings is 1. The Morgan fingerprint density at radius 3 is 2.24 bits per heavy atom. The molecule has 1 aliphatic heterocycles. The van der Waals surface area contributed by atoms with E-state index in [2.05, 4.69) is 10.9 Å². The highest BCUT2D eigenvalue weighted by atomic mass is 19.1. The van der Waals surface area contributed by atoms with E-state index in [-0.39, 0.29) is 11.8 Å². The summed E-state index contributed by atoms with van der Waals surface area (Å²) in [7, 11) is 0. The van der Waals surface area contributed by atoms with Gasteiger partial charge in [0.05, 0.1) is 0 Å².